The Morgan fingerprint density at radius 2 is 1.79 bits per heavy atom. The molecular weight excluding hydrogens is 384 g/mol. The molecule has 0 N–H and O–H groups in total. The van der Waals surface area contributed by atoms with Crippen molar-refractivity contribution in [2.75, 3.05) is 6.61 Å². The fourth-order valence-corrected chi connectivity index (χ4v) is 4.64. The van der Waals surface area contributed by atoms with Crippen molar-refractivity contribution in [3.8, 4) is 10.6 Å². The van der Waals surface area contributed by atoms with Gasteiger partial charge in [0.05, 0.1) is 12.3 Å². The number of hydrogen-bond donors (Lipinski definition) is 0. The Balaban J connectivity index is 1.69. The number of ether oxygens (including phenoxy) is 1. The molecule has 0 saturated heterocycles. The third kappa shape index (κ3) is 3.80. The number of benzene rings is 2. The van der Waals surface area contributed by atoms with E-state index >= 15 is 0 Å². The summed E-state index contributed by atoms with van der Waals surface area (Å²) in [6.07, 6.45) is 0.462. The van der Waals surface area contributed by atoms with Crippen LogP contribution in [-0.2, 0) is 22.5 Å². The van der Waals surface area contributed by atoms with E-state index in [2.05, 4.69) is 4.98 Å². The molecule has 0 bridgehead atoms. The summed E-state index contributed by atoms with van der Waals surface area (Å²) in [5.41, 5.74) is 3.80. The molecular formula is C23H22N2O3S. The number of aryl methyl sites for hydroxylation is 1. The van der Waals surface area contributed by atoms with Crippen LogP contribution in [-0.4, -0.2) is 34.4 Å². The first-order valence-corrected chi connectivity index (χ1v) is 10.5. The maximum atomic E-state index is 13.5. The number of fused-ring (bicyclic) bond motifs is 1. The van der Waals surface area contributed by atoms with Crippen LogP contribution in [0.25, 0.3) is 10.6 Å². The maximum Gasteiger partial charge on any atom is 0.329 e. The normalized spacial score (nSPS) is 15.7. The highest BCUT2D eigenvalue weighted by Crippen LogP contribution is 2.32. The van der Waals surface area contributed by atoms with Gasteiger partial charge in [-0.15, -0.1) is 11.3 Å². The molecule has 29 heavy (non-hydrogen) atoms. The average molecular weight is 407 g/mol. The number of hydrogen-bond acceptors (Lipinski definition) is 5. The molecule has 0 saturated carbocycles. The molecule has 0 aliphatic carbocycles. The van der Waals surface area contributed by atoms with Gasteiger partial charge in [0.1, 0.15) is 15.9 Å². The Labute approximate surface area is 174 Å². The molecule has 2 aromatic carbocycles. The van der Waals surface area contributed by atoms with Crippen LogP contribution < -0.4 is 0 Å². The number of amides is 1. The largest absolute Gasteiger partial charge is 0.464 e. The summed E-state index contributed by atoms with van der Waals surface area (Å²) in [6.45, 7) is 4.29. The van der Waals surface area contributed by atoms with E-state index < -0.39 is 6.04 Å². The topological polar surface area (TPSA) is 59.5 Å². The van der Waals surface area contributed by atoms with Crippen LogP contribution in [0.15, 0.2) is 54.6 Å². The van der Waals surface area contributed by atoms with E-state index in [0.717, 1.165) is 21.7 Å². The first-order chi connectivity index (χ1) is 14.1. The van der Waals surface area contributed by atoms with Gasteiger partial charge in [-0.05, 0) is 25.0 Å². The molecule has 0 spiro atoms. The van der Waals surface area contributed by atoms with Crippen LogP contribution in [0.4, 0.5) is 0 Å². The Bertz CT molecular complexity index is 1050. The number of carbonyl (C=O) groups is 2. The van der Waals surface area contributed by atoms with Gasteiger partial charge < -0.3 is 9.64 Å². The standard InChI is InChI=1S/C23H22N2O3S/c1-3-28-23(27)19-13-17-11-7-8-12-18(17)14-25(19)22(26)20-15(2)24-21(29-20)16-9-5-4-6-10-16/h4-12,19H,3,13-14H2,1-2H3. The van der Waals surface area contributed by atoms with Crippen molar-refractivity contribution in [2.45, 2.75) is 32.9 Å². The molecule has 1 aliphatic heterocycles. The minimum atomic E-state index is -0.626. The van der Waals surface area contributed by atoms with E-state index in [0.29, 0.717) is 23.5 Å². The van der Waals surface area contributed by atoms with Crippen LogP contribution in [0.3, 0.4) is 0 Å². The van der Waals surface area contributed by atoms with Crippen molar-refractivity contribution in [3.05, 3.63) is 76.3 Å². The van der Waals surface area contributed by atoms with Crippen molar-refractivity contribution in [1.82, 2.24) is 9.88 Å². The highest BCUT2D eigenvalue weighted by atomic mass is 32.1. The Hall–Kier alpha value is -2.99. The number of carbonyl (C=O) groups excluding carboxylic acids is 2. The molecule has 6 heteroatoms. The van der Waals surface area contributed by atoms with Crippen LogP contribution >= 0.6 is 11.3 Å². The van der Waals surface area contributed by atoms with Gasteiger partial charge in [-0.3, -0.25) is 4.79 Å². The Morgan fingerprint density at radius 3 is 2.52 bits per heavy atom. The lowest BCUT2D eigenvalue weighted by molar-refractivity contribution is -0.149. The zero-order valence-electron chi connectivity index (χ0n) is 16.4. The number of thiazole rings is 1. The number of esters is 1. The van der Waals surface area contributed by atoms with Crippen molar-refractivity contribution in [2.24, 2.45) is 0 Å². The van der Waals surface area contributed by atoms with Crippen LogP contribution in [0.5, 0.6) is 0 Å². The molecule has 4 rings (SSSR count). The minimum Gasteiger partial charge on any atom is -0.464 e. The predicted octanol–water partition coefficient (Wildman–Crippen LogP) is 4.25. The van der Waals surface area contributed by atoms with Gasteiger partial charge in [-0.2, -0.15) is 0 Å². The van der Waals surface area contributed by atoms with Gasteiger partial charge in [0.2, 0.25) is 0 Å². The van der Waals surface area contributed by atoms with Crippen molar-refractivity contribution >= 4 is 23.2 Å². The molecule has 1 amide bonds. The van der Waals surface area contributed by atoms with E-state index in [-0.39, 0.29) is 18.5 Å². The summed E-state index contributed by atoms with van der Waals surface area (Å²) < 4.78 is 5.27. The van der Waals surface area contributed by atoms with Gasteiger partial charge in [-0.1, -0.05) is 54.6 Å². The molecule has 1 atom stereocenters. The van der Waals surface area contributed by atoms with E-state index in [1.165, 1.54) is 11.3 Å². The predicted molar refractivity (Wildman–Crippen MR) is 113 cm³/mol. The van der Waals surface area contributed by atoms with Crippen molar-refractivity contribution in [1.29, 1.82) is 0 Å². The lowest BCUT2D eigenvalue weighted by Crippen LogP contribution is -2.49. The first-order valence-electron chi connectivity index (χ1n) is 9.65. The molecule has 1 aliphatic rings. The second-order valence-electron chi connectivity index (χ2n) is 6.97. The first kappa shape index (κ1) is 19.3. The fourth-order valence-electron chi connectivity index (χ4n) is 3.61. The molecule has 148 valence electrons. The minimum absolute atomic E-state index is 0.172. The van der Waals surface area contributed by atoms with Crippen LogP contribution in [0.1, 0.15) is 33.4 Å². The number of rotatable bonds is 4. The molecule has 1 unspecified atom stereocenters. The molecule has 0 radical (unpaired) electrons. The third-order valence-electron chi connectivity index (χ3n) is 5.08. The Kier molecular flexibility index (Phi) is 5.45. The summed E-state index contributed by atoms with van der Waals surface area (Å²) in [4.78, 5) is 32.9. The summed E-state index contributed by atoms with van der Waals surface area (Å²) in [7, 11) is 0. The average Bonchev–Trinajstić information content (AvgIpc) is 3.14. The number of aromatic nitrogens is 1. The monoisotopic (exact) mass is 406 g/mol. The summed E-state index contributed by atoms with van der Waals surface area (Å²) in [6, 6.07) is 17.1. The fraction of sp³-hybridized carbons (Fsp3) is 0.261. The van der Waals surface area contributed by atoms with E-state index in [4.69, 9.17) is 4.74 Å². The molecule has 1 aromatic heterocycles. The van der Waals surface area contributed by atoms with E-state index in [1.54, 1.807) is 11.8 Å². The third-order valence-corrected chi connectivity index (χ3v) is 6.27. The van der Waals surface area contributed by atoms with Gasteiger partial charge >= 0.3 is 5.97 Å². The van der Waals surface area contributed by atoms with Gasteiger partial charge in [0.25, 0.3) is 5.91 Å². The highest BCUT2D eigenvalue weighted by molar-refractivity contribution is 7.17. The Morgan fingerprint density at radius 1 is 1.10 bits per heavy atom. The second-order valence-corrected chi connectivity index (χ2v) is 7.97. The zero-order chi connectivity index (χ0) is 20.4. The van der Waals surface area contributed by atoms with E-state index in [9.17, 15) is 9.59 Å². The van der Waals surface area contributed by atoms with Gasteiger partial charge in [0.15, 0.2) is 0 Å². The summed E-state index contributed by atoms with van der Waals surface area (Å²) in [5, 5.41) is 0.802. The lowest BCUT2D eigenvalue weighted by Gasteiger charge is -2.35. The van der Waals surface area contributed by atoms with Gasteiger partial charge in [0, 0.05) is 18.5 Å². The number of nitrogens with zero attached hydrogens (tertiary/aromatic N) is 2. The second kappa shape index (κ2) is 8.17. The van der Waals surface area contributed by atoms with Crippen LogP contribution in [0, 0.1) is 6.92 Å². The molecule has 3 aromatic rings. The lowest BCUT2D eigenvalue weighted by atomic mass is 9.93. The van der Waals surface area contributed by atoms with Crippen LogP contribution in [0.2, 0.25) is 0 Å². The zero-order valence-corrected chi connectivity index (χ0v) is 17.2. The molecule has 2 heterocycles. The van der Waals surface area contributed by atoms with Crippen molar-refractivity contribution in [3.63, 3.8) is 0 Å². The molecule has 5 nitrogen and oxygen atoms in total. The quantitative estimate of drug-likeness (QED) is 0.608. The highest BCUT2D eigenvalue weighted by Gasteiger charge is 2.37. The van der Waals surface area contributed by atoms with Gasteiger partial charge in [-0.25, -0.2) is 9.78 Å². The molecule has 0 fully saturated rings. The summed E-state index contributed by atoms with van der Waals surface area (Å²) >= 11 is 1.37. The maximum absolute atomic E-state index is 13.5. The van der Waals surface area contributed by atoms with E-state index in [1.807, 2.05) is 61.5 Å². The summed E-state index contributed by atoms with van der Waals surface area (Å²) in [5.74, 6) is -0.532. The van der Waals surface area contributed by atoms with Crippen molar-refractivity contribution < 1.29 is 14.3 Å². The SMILES string of the molecule is CCOC(=O)C1Cc2ccccc2CN1C(=O)c1sc(-c2ccccc2)nc1C. The smallest absolute Gasteiger partial charge is 0.329 e.